The molecule has 1 N–H and O–H groups in total. The van der Waals surface area contributed by atoms with Crippen LogP contribution in [0.15, 0.2) is 36.7 Å². The van der Waals surface area contributed by atoms with Crippen LogP contribution in [-0.2, 0) is 4.74 Å². The minimum absolute atomic E-state index is 0.302. The number of hydrogen-bond donors (Lipinski definition) is 1. The van der Waals surface area contributed by atoms with Crippen LogP contribution in [0.4, 0.5) is 11.6 Å². The molecule has 1 saturated heterocycles. The number of methoxy groups -OCH3 is 1. The summed E-state index contributed by atoms with van der Waals surface area (Å²) in [4.78, 5) is 22.9. The molecule has 0 saturated carbocycles. The van der Waals surface area contributed by atoms with Crippen molar-refractivity contribution in [1.29, 1.82) is 0 Å². The number of anilines is 2. The number of nitrogens with one attached hydrogen (secondary N) is 1. The average molecular weight is 384 g/mol. The van der Waals surface area contributed by atoms with Gasteiger partial charge in [-0.25, -0.2) is 14.8 Å². The lowest BCUT2D eigenvalue weighted by Crippen LogP contribution is -2.39. The standard InChI is InChI=1S/C21H28N4O3/c1-3-4-14-28-20(26)16-6-7-18(19(15-16)27-2)25-12-8-17(9-13-25)24-21-22-10-5-11-23-21/h5-7,10-11,15,17H,3-4,8-9,12-14H2,1-2H3,(H,22,23,24). The van der Waals surface area contributed by atoms with Gasteiger partial charge in [0.25, 0.3) is 0 Å². The van der Waals surface area contributed by atoms with Gasteiger partial charge in [0, 0.05) is 31.5 Å². The summed E-state index contributed by atoms with van der Waals surface area (Å²) in [7, 11) is 1.63. The normalized spacial score (nSPS) is 14.6. The van der Waals surface area contributed by atoms with Crippen molar-refractivity contribution in [3.8, 4) is 5.75 Å². The predicted octanol–water partition coefficient (Wildman–Crippen LogP) is 3.52. The van der Waals surface area contributed by atoms with Crippen molar-refractivity contribution in [2.24, 2.45) is 0 Å². The quantitative estimate of drug-likeness (QED) is 0.551. The topological polar surface area (TPSA) is 76.6 Å². The van der Waals surface area contributed by atoms with Crippen molar-refractivity contribution in [3.63, 3.8) is 0 Å². The molecule has 0 atom stereocenters. The van der Waals surface area contributed by atoms with E-state index in [4.69, 9.17) is 9.47 Å². The molecule has 7 heteroatoms. The van der Waals surface area contributed by atoms with Crippen molar-refractivity contribution in [1.82, 2.24) is 9.97 Å². The molecule has 28 heavy (non-hydrogen) atoms. The number of piperidine rings is 1. The second kappa shape index (κ2) is 9.92. The highest BCUT2D eigenvalue weighted by Crippen LogP contribution is 2.32. The lowest BCUT2D eigenvalue weighted by atomic mass is 10.0. The Bertz CT molecular complexity index is 762. The molecule has 0 amide bonds. The first-order chi connectivity index (χ1) is 13.7. The van der Waals surface area contributed by atoms with E-state index < -0.39 is 0 Å². The Morgan fingerprint density at radius 3 is 2.68 bits per heavy atom. The molecule has 1 aromatic heterocycles. The number of hydrogen-bond acceptors (Lipinski definition) is 7. The van der Waals surface area contributed by atoms with Crippen molar-refractivity contribution in [3.05, 3.63) is 42.2 Å². The molecule has 1 aromatic carbocycles. The van der Waals surface area contributed by atoms with Crippen molar-refractivity contribution in [2.75, 3.05) is 37.0 Å². The maximum Gasteiger partial charge on any atom is 0.338 e. The second-order valence-corrected chi connectivity index (χ2v) is 6.85. The average Bonchev–Trinajstić information content (AvgIpc) is 2.75. The van der Waals surface area contributed by atoms with Gasteiger partial charge >= 0.3 is 5.97 Å². The lowest BCUT2D eigenvalue weighted by molar-refractivity contribution is 0.0499. The predicted molar refractivity (Wildman–Crippen MR) is 109 cm³/mol. The number of ether oxygens (including phenoxy) is 2. The lowest BCUT2D eigenvalue weighted by Gasteiger charge is -2.34. The summed E-state index contributed by atoms with van der Waals surface area (Å²) in [5, 5.41) is 3.39. The fourth-order valence-electron chi connectivity index (χ4n) is 3.28. The number of carbonyl (C=O) groups is 1. The Balaban J connectivity index is 1.60. The molecular formula is C21H28N4O3. The van der Waals surface area contributed by atoms with Crippen LogP contribution in [0.2, 0.25) is 0 Å². The number of carbonyl (C=O) groups excluding carboxylic acids is 1. The van der Waals surface area contributed by atoms with Crippen LogP contribution in [0.5, 0.6) is 5.75 Å². The Labute approximate surface area is 166 Å². The first-order valence-corrected chi connectivity index (χ1v) is 9.85. The molecule has 150 valence electrons. The Morgan fingerprint density at radius 1 is 1.25 bits per heavy atom. The molecule has 0 radical (unpaired) electrons. The number of aromatic nitrogens is 2. The highest BCUT2D eigenvalue weighted by atomic mass is 16.5. The fourth-order valence-corrected chi connectivity index (χ4v) is 3.28. The van der Waals surface area contributed by atoms with Crippen LogP contribution in [0.25, 0.3) is 0 Å². The summed E-state index contributed by atoms with van der Waals surface area (Å²) in [5.74, 6) is 1.07. The maximum atomic E-state index is 12.2. The van der Waals surface area contributed by atoms with Gasteiger partial charge in [-0.15, -0.1) is 0 Å². The third-order valence-electron chi connectivity index (χ3n) is 4.88. The number of nitrogens with zero attached hydrogens (tertiary/aromatic N) is 3. The van der Waals surface area contributed by atoms with E-state index in [-0.39, 0.29) is 5.97 Å². The monoisotopic (exact) mass is 384 g/mol. The van der Waals surface area contributed by atoms with Crippen molar-refractivity contribution >= 4 is 17.6 Å². The molecule has 0 unspecified atom stereocenters. The summed E-state index contributed by atoms with van der Waals surface area (Å²) in [6.45, 7) is 4.30. The van der Waals surface area contributed by atoms with E-state index in [1.807, 2.05) is 18.2 Å². The molecular weight excluding hydrogens is 356 g/mol. The van der Waals surface area contributed by atoms with Crippen LogP contribution >= 0.6 is 0 Å². The summed E-state index contributed by atoms with van der Waals surface area (Å²) in [6.07, 6.45) is 7.30. The number of esters is 1. The summed E-state index contributed by atoms with van der Waals surface area (Å²) < 4.78 is 10.8. The van der Waals surface area contributed by atoms with Gasteiger partial charge in [-0.1, -0.05) is 13.3 Å². The van der Waals surface area contributed by atoms with Gasteiger partial charge in [0.2, 0.25) is 5.95 Å². The van der Waals surface area contributed by atoms with Gasteiger partial charge in [-0.3, -0.25) is 0 Å². The Kier molecular flexibility index (Phi) is 7.06. The molecule has 1 aliphatic heterocycles. The van der Waals surface area contributed by atoms with Gasteiger partial charge in [0.15, 0.2) is 0 Å². The van der Waals surface area contributed by atoms with Crippen LogP contribution < -0.4 is 15.0 Å². The van der Waals surface area contributed by atoms with Crippen LogP contribution in [0.1, 0.15) is 43.0 Å². The molecule has 3 rings (SSSR count). The van der Waals surface area contributed by atoms with E-state index in [1.165, 1.54) is 0 Å². The molecule has 1 fully saturated rings. The zero-order chi connectivity index (χ0) is 19.8. The highest BCUT2D eigenvalue weighted by molar-refractivity contribution is 5.90. The van der Waals surface area contributed by atoms with E-state index in [9.17, 15) is 4.79 Å². The Morgan fingerprint density at radius 2 is 2.00 bits per heavy atom. The molecule has 0 spiro atoms. The minimum atomic E-state index is -0.302. The molecule has 2 heterocycles. The van der Waals surface area contributed by atoms with Crippen LogP contribution in [0, 0.1) is 0 Å². The van der Waals surface area contributed by atoms with E-state index in [1.54, 1.807) is 25.6 Å². The maximum absolute atomic E-state index is 12.2. The van der Waals surface area contributed by atoms with Gasteiger partial charge in [-0.05, 0) is 43.5 Å². The number of rotatable bonds is 8. The van der Waals surface area contributed by atoms with E-state index in [2.05, 4.69) is 27.1 Å². The van der Waals surface area contributed by atoms with Gasteiger partial charge < -0.3 is 19.7 Å². The largest absolute Gasteiger partial charge is 0.495 e. The summed E-state index contributed by atoms with van der Waals surface area (Å²) in [6, 6.07) is 7.68. The fraction of sp³-hybridized carbons (Fsp3) is 0.476. The smallest absolute Gasteiger partial charge is 0.338 e. The molecule has 2 aromatic rings. The van der Waals surface area contributed by atoms with E-state index in [0.717, 1.165) is 44.5 Å². The zero-order valence-corrected chi connectivity index (χ0v) is 16.6. The summed E-state index contributed by atoms with van der Waals surface area (Å²) in [5.41, 5.74) is 1.52. The Hall–Kier alpha value is -2.83. The third kappa shape index (κ3) is 5.12. The van der Waals surface area contributed by atoms with E-state index in [0.29, 0.717) is 29.9 Å². The van der Waals surface area contributed by atoms with Gasteiger partial charge in [0.05, 0.1) is 25.0 Å². The van der Waals surface area contributed by atoms with Gasteiger partial charge in [0.1, 0.15) is 5.75 Å². The van der Waals surface area contributed by atoms with Crippen molar-refractivity contribution in [2.45, 2.75) is 38.6 Å². The van der Waals surface area contributed by atoms with E-state index >= 15 is 0 Å². The number of unbranched alkanes of at least 4 members (excludes halogenated alkanes) is 1. The highest BCUT2D eigenvalue weighted by Gasteiger charge is 2.23. The second-order valence-electron chi connectivity index (χ2n) is 6.85. The van der Waals surface area contributed by atoms with Crippen LogP contribution in [0.3, 0.4) is 0 Å². The molecule has 0 aliphatic carbocycles. The zero-order valence-electron chi connectivity index (χ0n) is 16.6. The first-order valence-electron chi connectivity index (χ1n) is 9.85. The van der Waals surface area contributed by atoms with Crippen LogP contribution in [-0.4, -0.2) is 48.8 Å². The van der Waals surface area contributed by atoms with Gasteiger partial charge in [-0.2, -0.15) is 0 Å². The number of benzene rings is 1. The van der Waals surface area contributed by atoms with Crippen molar-refractivity contribution < 1.29 is 14.3 Å². The molecule has 0 bridgehead atoms. The first kappa shape index (κ1) is 19.9. The third-order valence-corrected chi connectivity index (χ3v) is 4.88. The minimum Gasteiger partial charge on any atom is -0.495 e. The summed E-state index contributed by atoms with van der Waals surface area (Å²) >= 11 is 0. The molecule has 7 nitrogen and oxygen atoms in total. The molecule has 1 aliphatic rings. The SMILES string of the molecule is CCCCOC(=O)c1ccc(N2CCC(Nc3ncccn3)CC2)c(OC)c1.